The van der Waals surface area contributed by atoms with Crippen LogP contribution in [-0.4, -0.2) is 35.6 Å². The SMILES string of the molecule is COCC(N)C(=O)Nc1cnccn1. The van der Waals surface area contributed by atoms with Crippen LogP contribution in [0.2, 0.25) is 0 Å². The van der Waals surface area contributed by atoms with E-state index < -0.39 is 6.04 Å². The minimum absolute atomic E-state index is 0.173. The van der Waals surface area contributed by atoms with Gasteiger partial charge in [-0.2, -0.15) is 0 Å². The normalized spacial score (nSPS) is 12.1. The number of nitrogens with zero attached hydrogens (tertiary/aromatic N) is 2. The van der Waals surface area contributed by atoms with Gasteiger partial charge in [0.15, 0.2) is 5.82 Å². The van der Waals surface area contributed by atoms with Crippen LogP contribution in [-0.2, 0) is 9.53 Å². The van der Waals surface area contributed by atoms with E-state index in [-0.39, 0.29) is 12.5 Å². The molecule has 1 rings (SSSR count). The van der Waals surface area contributed by atoms with Gasteiger partial charge in [0.25, 0.3) is 0 Å². The van der Waals surface area contributed by atoms with Crippen molar-refractivity contribution in [3.63, 3.8) is 0 Å². The van der Waals surface area contributed by atoms with Crippen molar-refractivity contribution in [1.29, 1.82) is 0 Å². The number of nitrogens with one attached hydrogen (secondary N) is 1. The van der Waals surface area contributed by atoms with Crippen LogP contribution in [0.3, 0.4) is 0 Å². The molecular formula is C8H12N4O2. The van der Waals surface area contributed by atoms with Crippen LogP contribution >= 0.6 is 0 Å². The van der Waals surface area contributed by atoms with Gasteiger partial charge in [0, 0.05) is 19.5 Å². The third-order valence-electron chi connectivity index (χ3n) is 1.50. The molecule has 0 aliphatic heterocycles. The Labute approximate surface area is 81.5 Å². The lowest BCUT2D eigenvalue weighted by Crippen LogP contribution is -2.39. The van der Waals surface area contributed by atoms with E-state index in [9.17, 15) is 4.79 Å². The molecule has 14 heavy (non-hydrogen) atoms. The Kier molecular flexibility index (Phi) is 3.96. The predicted octanol–water partition coefficient (Wildman–Crippen LogP) is -0.611. The van der Waals surface area contributed by atoms with Gasteiger partial charge in [-0.3, -0.25) is 9.78 Å². The molecule has 0 aliphatic rings. The molecule has 0 saturated carbocycles. The summed E-state index contributed by atoms with van der Waals surface area (Å²) in [5.74, 6) is 0.0383. The smallest absolute Gasteiger partial charge is 0.244 e. The zero-order valence-electron chi connectivity index (χ0n) is 7.80. The van der Waals surface area contributed by atoms with Gasteiger partial charge in [0.05, 0.1) is 12.8 Å². The van der Waals surface area contributed by atoms with Crippen molar-refractivity contribution < 1.29 is 9.53 Å². The molecule has 0 aliphatic carbocycles. The number of hydrogen-bond donors (Lipinski definition) is 2. The Morgan fingerprint density at radius 1 is 1.71 bits per heavy atom. The minimum atomic E-state index is -0.693. The summed E-state index contributed by atoms with van der Waals surface area (Å²) in [7, 11) is 1.48. The second-order valence-corrected chi connectivity index (χ2v) is 2.64. The van der Waals surface area contributed by atoms with E-state index in [0.717, 1.165) is 0 Å². The Balaban J connectivity index is 2.49. The number of carbonyl (C=O) groups excluding carboxylic acids is 1. The van der Waals surface area contributed by atoms with Gasteiger partial charge in [0.2, 0.25) is 5.91 Å². The first-order valence-corrected chi connectivity index (χ1v) is 4.05. The molecule has 1 atom stereocenters. The molecule has 0 saturated heterocycles. The van der Waals surface area contributed by atoms with Crippen LogP contribution in [0.5, 0.6) is 0 Å². The number of ether oxygens (including phenoxy) is 1. The number of amides is 1. The van der Waals surface area contributed by atoms with Crippen molar-refractivity contribution in [2.75, 3.05) is 19.0 Å². The molecule has 0 bridgehead atoms. The summed E-state index contributed by atoms with van der Waals surface area (Å²) in [6.07, 6.45) is 4.44. The van der Waals surface area contributed by atoms with Gasteiger partial charge in [-0.15, -0.1) is 0 Å². The van der Waals surface area contributed by atoms with Crippen LogP contribution in [0.4, 0.5) is 5.82 Å². The fourth-order valence-corrected chi connectivity index (χ4v) is 0.838. The maximum absolute atomic E-state index is 11.3. The lowest BCUT2D eigenvalue weighted by molar-refractivity contribution is -0.118. The quantitative estimate of drug-likeness (QED) is 0.670. The van der Waals surface area contributed by atoms with E-state index in [1.54, 1.807) is 0 Å². The van der Waals surface area contributed by atoms with Gasteiger partial charge in [0.1, 0.15) is 6.04 Å². The average Bonchev–Trinajstić information content (AvgIpc) is 2.19. The monoisotopic (exact) mass is 196 g/mol. The van der Waals surface area contributed by atoms with E-state index in [4.69, 9.17) is 10.5 Å². The Hall–Kier alpha value is -1.53. The third-order valence-corrected chi connectivity index (χ3v) is 1.50. The maximum Gasteiger partial charge on any atom is 0.244 e. The summed E-state index contributed by atoms with van der Waals surface area (Å²) in [5, 5.41) is 2.51. The fraction of sp³-hybridized carbons (Fsp3) is 0.375. The van der Waals surface area contributed by atoms with Crippen molar-refractivity contribution in [2.45, 2.75) is 6.04 Å². The van der Waals surface area contributed by atoms with Gasteiger partial charge >= 0.3 is 0 Å². The molecule has 1 aromatic heterocycles. The van der Waals surface area contributed by atoms with Crippen molar-refractivity contribution in [1.82, 2.24) is 9.97 Å². The number of hydrogen-bond acceptors (Lipinski definition) is 5. The first-order chi connectivity index (χ1) is 6.74. The zero-order valence-corrected chi connectivity index (χ0v) is 7.80. The molecule has 1 unspecified atom stereocenters. The Bertz CT molecular complexity index is 291. The van der Waals surface area contributed by atoms with Crippen molar-refractivity contribution in [2.24, 2.45) is 5.73 Å². The first kappa shape index (κ1) is 10.6. The molecule has 0 aromatic carbocycles. The van der Waals surface area contributed by atoms with E-state index in [1.807, 2.05) is 0 Å². The highest BCUT2D eigenvalue weighted by Gasteiger charge is 2.13. The second-order valence-electron chi connectivity index (χ2n) is 2.64. The van der Waals surface area contributed by atoms with Crippen molar-refractivity contribution in [3.05, 3.63) is 18.6 Å². The van der Waals surface area contributed by atoms with Crippen LogP contribution in [0.15, 0.2) is 18.6 Å². The van der Waals surface area contributed by atoms with E-state index in [0.29, 0.717) is 5.82 Å². The summed E-state index contributed by atoms with van der Waals surface area (Å²) in [6.45, 7) is 0.173. The minimum Gasteiger partial charge on any atom is -0.383 e. The highest BCUT2D eigenvalue weighted by atomic mass is 16.5. The van der Waals surface area contributed by atoms with Crippen LogP contribution in [0.25, 0.3) is 0 Å². The molecule has 76 valence electrons. The Morgan fingerprint density at radius 3 is 3.07 bits per heavy atom. The molecule has 3 N–H and O–H groups in total. The van der Waals surface area contributed by atoms with E-state index >= 15 is 0 Å². The second kappa shape index (κ2) is 5.25. The van der Waals surface area contributed by atoms with Crippen LogP contribution in [0.1, 0.15) is 0 Å². The summed E-state index contributed by atoms with van der Waals surface area (Å²) in [5.41, 5.74) is 5.49. The molecule has 0 spiro atoms. The lowest BCUT2D eigenvalue weighted by atomic mass is 10.3. The number of nitrogens with two attached hydrogens (primary N) is 1. The van der Waals surface area contributed by atoms with Crippen LogP contribution in [0, 0.1) is 0 Å². The van der Waals surface area contributed by atoms with Gasteiger partial charge in [-0.1, -0.05) is 0 Å². The highest BCUT2D eigenvalue weighted by Crippen LogP contribution is 1.97. The molecule has 6 heteroatoms. The van der Waals surface area contributed by atoms with Gasteiger partial charge in [-0.05, 0) is 0 Å². The van der Waals surface area contributed by atoms with Crippen molar-refractivity contribution >= 4 is 11.7 Å². The molecule has 0 radical (unpaired) electrons. The number of anilines is 1. The highest BCUT2D eigenvalue weighted by molar-refractivity contribution is 5.93. The summed E-state index contributed by atoms with van der Waals surface area (Å²) < 4.78 is 4.74. The molecule has 1 heterocycles. The molecule has 1 aromatic rings. The molecule has 1 amide bonds. The lowest BCUT2D eigenvalue weighted by Gasteiger charge is -2.09. The maximum atomic E-state index is 11.3. The predicted molar refractivity (Wildman–Crippen MR) is 50.5 cm³/mol. The third kappa shape index (κ3) is 3.08. The van der Waals surface area contributed by atoms with E-state index in [2.05, 4.69) is 15.3 Å². The zero-order chi connectivity index (χ0) is 10.4. The number of aromatic nitrogens is 2. The average molecular weight is 196 g/mol. The number of carbonyl (C=O) groups is 1. The fourth-order valence-electron chi connectivity index (χ4n) is 0.838. The summed E-state index contributed by atoms with van der Waals surface area (Å²) in [6, 6.07) is -0.693. The topological polar surface area (TPSA) is 90.1 Å². The molecule has 6 nitrogen and oxygen atoms in total. The Morgan fingerprint density at radius 2 is 2.50 bits per heavy atom. The first-order valence-electron chi connectivity index (χ1n) is 4.05. The molecule has 0 fully saturated rings. The van der Waals surface area contributed by atoms with Crippen LogP contribution < -0.4 is 11.1 Å². The number of rotatable bonds is 4. The number of methoxy groups -OCH3 is 1. The summed E-state index contributed by atoms with van der Waals surface area (Å²) >= 11 is 0. The van der Waals surface area contributed by atoms with E-state index in [1.165, 1.54) is 25.7 Å². The largest absolute Gasteiger partial charge is 0.383 e. The van der Waals surface area contributed by atoms with Crippen molar-refractivity contribution in [3.8, 4) is 0 Å². The van der Waals surface area contributed by atoms with Gasteiger partial charge in [-0.25, -0.2) is 4.98 Å². The summed E-state index contributed by atoms with van der Waals surface area (Å²) in [4.78, 5) is 19.0. The van der Waals surface area contributed by atoms with Gasteiger partial charge < -0.3 is 15.8 Å². The standard InChI is InChI=1S/C8H12N4O2/c1-14-5-6(9)8(13)12-7-4-10-2-3-11-7/h2-4,6H,5,9H2,1H3,(H,11,12,13). The molecular weight excluding hydrogens is 184 g/mol.